The minimum Gasteiger partial charge on any atom is -0.480 e. The Balaban J connectivity index is 2.45. The number of nitrogens with zero attached hydrogens (tertiary/aromatic N) is 3. The number of urea groups is 1. The van der Waals surface area contributed by atoms with E-state index in [2.05, 4.69) is 20.9 Å². The first-order valence-electron chi connectivity index (χ1n) is 6.37. The molecule has 116 valence electrons. The van der Waals surface area contributed by atoms with Gasteiger partial charge >= 0.3 is 12.0 Å². The van der Waals surface area contributed by atoms with Gasteiger partial charge in [0.05, 0.1) is 5.69 Å². The van der Waals surface area contributed by atoms with Gasteiger partial charge in [-0.05, 0) is 6.42 Å². The molecule has 10 nitrogen and oxygen atoms in total. The number of aliphatic carboxylic acids is 1. The first kappa shape index (κ1) is 16.6. The maximum atomic E-state index is 11.5. The van der Waals surface area contributed by atoms with Crippen LogP contribution in [0.3, 0.4) is 0 Å². The maximum Gasteiger partial charge on any atom is 0.321 e. The van der Waals surface area contributed by atoms with Crippen molar-refractivity contribution < 1.29 is 19.5 Å². The van der Waals surface area contributed by atoms with Crippen molar-refractivity contribution in [2.45, 2.75) is 32.4 Å². The van der Waals surface area contributed by atoms with Crippen molar-refractivity contribution >= 4 is 17.9 Å². The smallest absolute Gasteiger partial charge is 0.321 e. The summed E-state index contributed by atoms with van der Waals surface area (Å²) in [6, 6.07) is -1.65. The molecular weight excluding hydrogens is 280 g/mol. The number of nitrogens with one attached hydrogen (secondary N) is 2. The minimum absolute atomic E-state index is 0.00788. The van der Waals surface area contributed by atoms with E-state index in [0.29, 0.717) is 12.2 Å². The number of carbonyl (C=O) groups is 3. The largest absolute Gasteiger partial charge is 0.480 e. The lowest BCUT2D eigenvalue weighted by atomic mass is 10.2. The molecule has 1 rings (SSSR count). The van der Waals surface area contributed by atoms with Crippen molar-refractivity contribution in [3.05, 3.63) is 11.9 Å². The SMILES string of the molecule is CCCNC(=O)NC(=O)Cn1cc(CC(N)C(=O)O)nn1. The maximum absolute atomic E-state index is 11.5. The molecule has 0 saturated carbocycles. The van der Waals surface area contributed by atoms with E-state index < -0.39 is 23.9 Å². The Bertz CT molecular complexity index is 515. The third-order valence-electron chi connectivity index (χ3n) is 2.43. The molecule has 0 fully saturated rings. The monoisotopic (exact) mass is 298 g/mol. The average molecular weight is 298 g/mol. The van der Waals surface area contributed by atoms with Gasteiger partial charge in [0.25, 0.3) is 0 Å². The van der Waals surface area contributed by atoms with Crippen molar-refractivity contribution in [3.8, 4) is 0 Å². The summed E-state index contributed by atoms with van der Waals surface area (Å²) >= 11 is 0. The van der Waals surface area contributed by atoms with Crippen LogP contribution in [0, 0.1) is 0 Å². The summed E-state index contributed by atoms with van der Waals surface area (Å²) in [6.45, 7) is 2.16. The van der Waals surface area contributed by atoms with Gasteiger partial charge in [-0.15, -0.1) is 5.10 Å². The highest BCUT2D eigenvalue weighted by Gasteiger charge is 2.15. The lowest BCUT2D eigenvalue weighted by Gasteiger charge is -2.05. The molecule has 0 aliphatic rings. The van der Waals surface area contributed by atoms with Gasteiger partial charge in [-0.25, -0.2) is 9.48 Å². The average Bonchev–Trinajstić information content (AvgIpc) is 2.83. The molecule has 10 heteroatoms. The molecule has 0 radical (unpaired) electrons. The summed E-state index contributed by atoms with van der Waals surface area (Å²) in [6.07, 6.45) is 2.18. The normalized spacial score (nSPS) is 11.7. The second kappa shape index (κ2) is 7.94. The van der Waals surface area contributed by atoms with E-state index in [1.165, 1.54) is 10.9 Å². The molecule has 0 bridgehead atoms. The van der Waals surface area contributed by atoms with Crippen LogP contribution in [0.15, 0.2) is 6.20 Å². The Kier molecular flexibility index (Phi) is 6.27. The highest BCUT2D eigenvalue weighted by molar-refractivity contribution is 5.94. The van der Waals surface area contributed by atoms with Gasteiger partial charge in [-0.2, -0.15) is 0 Å². The van der Waals surface area contributed by atoms with Gasteiger partial charge in [0.1, 0.15) is 12.6 Å². The Morgan fingerprint density at radius 1 is 1.48 bits per heavy atom. The van der Waals surface area contributed by atoms with Gasteiger partial charge in [0.15, 0.2) is 0 Å². The van der Waals surface area contributed by atoms with Crippen LogP contribution in [0.2, 0.25) is 0 Å². The number of carboxylic acids is 1. The van der Waals surface area contributed by atoms with E-state index in [1.807, 2.05) is 6.92 Å². The molecule has 1 aromatic heterocycles. The molecule has 0 aliphatic carbocycles. The number of carbonyl (C=O) groups excluding carboxylic acids is 2. The van der Waals surface area contributed by atoms with E-state index in [4.69, 9.17) is 10.8 Å². The number of nitrogens with two attached hydrogens (primary N) is 1. The van der Waals surface area contributed by atoms with Crippen molar-refractivity contribution in [1.29, 1.82) is 0 Å². The summed E-state index contributed by atoms with van der Waals surface area (Å²) in [4.78, 5) is 33.4. The lowest BCUT2D eigenvalue weighted by molar-refractivity contribution is -0.138. The van der Waals surface area contributed by atoms with Crippen LogP contribution in [0.1, 0.15) is 19.0 Å². The molecule has 1 aromatic rings. The van der Waals surface area contributed by atoms with Crippen molar-refractivity contribution in [3.63, 3.8) is 0 Å². The van der Waals surface area contributed by atoms with E-state index in [-0.39, 0.29) is 13.0 Å². The molecule has 0 saturated heterocycles. The van der Waals surface area contributed by atoms with Gasteiger partial charge in [-0.3, -0.25) is 14.9 Å². The fourth-order valence-electron chi connectivity index (χ4n) is 1.42. The van der Waals surface area contributed by atoms with E-state index in [9.17, 15) is 14.4 Å². The highest BCUT2D eigenvalue weighted by Crippen LogP contribution is 1.97. The number of hydrogen-bond donors (Lipinski definition) is 4. The molecule has 1 unspecified atom stereocenters. The molecule has 1 atom stereocenters. The molecule has 0 aliphatic heterocycles. The Morgan fingerprint density at radius 3 is 2.81 bits per heavy atom. The van der Waals surface area contributed by atoms with Crippen molar-refractivity contribution in [2.24, 2.45) is 5.73 Å². The quantitative estimate of drug-likeness (QED) is 0.476. The first-order valence-corrected chi connectivity index (χ1v) is 6.37. The van der Waals surface area contributed by atoms with Crippen LogP contribution >= 0.6 is 0 Å². The van der Waals surface area contributed by atoms with Crippen LogP contribution in [0.4, 0.5) is 4.79 Å². The number of aromatic nitrogens is 3. The van der Waals surface area contributed by atoms with Crippen LogP contribution in [-0.4, -0.2) is 50.6 Å². The molecule has 21 heavy (non-hydrogen) atoms. The second-order valence-electron chi connectivity index (χ2n) is 4.36. The molecular formula is C11H18N6O4. The van der Waals surface area contributed by atoms with Gasteiger partial charge in [0.2, 0.25) is 5.91 Å². The first-order chi connectivity index (χ1) is 9.92. The fourth-order valence-corrected chi connectivity index (χ4v) is 1.42. The predicted octanol–water partition coefficient (Wildman–Crippen LogP) is -1.53. The topological polar surface area (TPSA) is 152 Å². The zero-order chi connectivity index (χ0) is 15.8. The molecule has 5 N–H and O–H groups in total. The van der Waals surface area contributed by atoms with E-state index in [0.717, 1.165) is 6.42 Å². The van der Waals surface area contributed by atoms with Crippen LogP contribution in [0.25, 0.3) is 0 Å². The van der Waals surface area contributed by atoms with E-state index >= 15 is 0 Å². The molecule has 3 amide bonds. The predicted molar refractivity (Wildman–Crippen MR) is 71.2 cm³/mol. The highest BCUT2D eigenvalue weighted by atomic mass is 16.4. The fraction of sp³-hybridized carbons (Fsp3) is 0.545. The van der Waals surface area contributed by atoms with Crippen LogP contribution < -0.4 is 16.4 Å². The Morgan fingerprint density at radius 2 is 2.19 bits per heavy atom. The summed E-state index contributed by atoms with van der Waals surface area (Å²) < 4.78 is 1.20. The molecule has 1 heterocycles. The summed E-state index contributed by atoms with van der Waals surface area (Å²) in [5.41, 5.74) is 5.72. The Labute approximate surface area is 120 Å². The lowest BCUT2D eigenvalue weighted by Crippen LogP contribution is -2.41. The zero-order valence-electron chi connectivity index (χ0n) is 11.6. The van der Waals surface area contributed by atoms with Crippen LogP contribution in [0.5, 0.6) is 0 Å². The third kappa shape index (κ3) is 5.99. The zero-order valence-corrected chi connectivity index (χ0v) is 11.6. The van der Waals surface area contributed by atoms with Gasteiger partial charge in [-0.1, -0.05) is 12.1 Å². The van der Waals surface area contributed by atoms with Crippen molar-refractivity contribution in [1.82, 2.24) is 25.6 Å². The standard InChI is InChI=1S/C11H18N6O4/c1-2-3-13-11(21)14-9(18)6-17-5-7(15-16-17)4-8(12)10(19)20/h5,8H,2-4,6,12H2,1H3,(H,19,20)(H2,13,14,18,21). The van der Waals surface area contributed by atoms with Crippen molar-refractivity contribution in [2.75, 3.05) is 6.54 Å². The summed E-state index contributed by atoms with van der Waals surface area (Å²) in [7, 11) is 0. The number of hydrogen-bond acceptors (Lipinski definition) is 6. The second-order valence-corrected chi connectivity index (χ2v) is 4.36. The number of amides is 3. The number of rotatable bonds is 7. The molecule has 0 aromatic carbocycles. The molecule has 0 spiro atoms. The third-order valence-corrected chi connectivity index (χ3v) is 2.43. The van der Waals surface area contributed by atoms with Gasteiger partial charge in [0, 0.05) is 19.2 Å². The summed E-state index contributed by atoms with van der Waals surface area (Å²) in [5, 5.41) is 20.7. The Hall–Kier alpha value is -2.49. The number of imide groups is 1. The summed E-state index contributed by atoms with van der Waals surface area (Å²) in [5.74, 6) is -1.70. The van der Waals surface area contributed by atoms with Gasteiger partial charge < -0.3 is 16.2 Å². The van der Waals surface area contributed by atoms with E-state index in [1.54, 1.807) is 0 Å². The minimum atomic E-state index is -1.14. The number of carboxylic acid groups (broad SMARTS) is 1. The van der Waals surface area contributed by atoms with Crippen LogP contribution in [-0.2, 0) is 22.6 Å².